The summed E-state index contributed by atoms with van der Waals surface area (Å²) in [6.45, 7) is 3.92. The van der Waals surface area contributed by atoms with Gasteiger partial charge >= 0.3 is 5.88 Å². The summed E-state index contributed by atoms with van der Waals surface area (Å²) in [4.78, 5) is 9.95. The van der Waals surface area contributed by atoms with E-state index in [0.29, 0.717) is 17.3 Å². The molecule has 0 radical (unpaired) electrons. The number of nitrogens with zero attached hydrogens (tertiary/aromatic N) is 2. The Hall–Kier alpha value is -2.31. The normalized spacial score (nSPS) is 11.0. The van der Waals surface area contributed by atoms with Gasteiger partial charge in [0.1, 0.15) is 16.4 Å². The number of nitrogens with one attached hydrogen (secondary N) is 1. The number of hydrogen-bond acceptors (Lipinski definition) is 5. The van der Waals surface area contributed by atoms with E-state index < -0.39 is 4.92 Å². The van der Waals surface area contributed by atoms with Crippen LogP contribution in [0.4, 0.5) is 11.7 Å². The first kappa shape index (κ1) is 11.2. The third kappa shape index (κ3) is 1.86. The van der Waals surface area contributed by atoms with Gasteiger partial charge in [-0.1, -0.05) is 13.8 Å². The topological polar surface area (TPSA) is 111 Å². The molecule has 0 unspecified atom stereocenters. The molecular weight excluding hydrogens is 224 g/mol. The first-order chi connectivity index (χ1) is 8.00. The van der Waals surface area contributed by atoms with Gasteiger partial charge in [-0.3, -0.25) is 15.2 Å². The van der Waals surface area contributed by atoms with Crippen molar-refractivity contribution in [2.24, 2.45) is 0 Å². The van der Waals surface area contributed by atoms with Gasteiger partial charge in [0.25, 0.3) is 0 Å². The van der Waals surface area contributed by atoms with Gasteiger partial charge in [0.2, 0.25) is 0 Å². The van der Waals surface area contributed by atoms with Crippen LogP contribution in [0.25, 0.3) is 11.5 Å². The molecule has 0 fully saturated rings. The minimum Gasteiger partial charge on any atom is -0.399 e. The monoisotopic (exact) mass is 236 g/mol. The van der Waals surface area contributed by atoms with Gasteiger partial charge in [0.05, 0.1) is 6.07 Å². The molecule has 2 heterocycles. The van der Waals surface area contributed by atoms with E-state index in [4.69, 9.17) is 10.2 Å². The van der Waals surface area contributed by atoms with Crippen LogP contribution in [0.5, 0.6) is 0 Å². The van der Waals surface area contributed by atoms with Crippen molar-refractivity contribution in [3.63, 3.8) is 0 Å². The van der Waals surface area contributed by atoms with Crippen LogP contribution in [0.2, 0.25) is 0 Å². The van der Waals surface area contributed by atoms with Crippen LogP contribution >= 0.6 is 0 Å². The van der Waals surface area contributed by atoms with E-state index in [1.54, 1.807) is 0 Å². The third-order valence-corrected chi connectivity index (χ3v) is 2.43. The van der Waals surface area contributed by atoms with Gasteiger partial charge < -0.3 is 10.2 Å². The number of nitrogens with two attached hydrogens (primary N) is 1. The van der Waals surface area contributed by atoms with Gasteiger partial charge in [0, 0.05) is 5.56 Å². The summed E-state index contributed by atoms with van der Waals surface area (Å²) < 4.78 is 5.11. The fraction of sp³-hybridized carbons (Fsp3) is 0.300. The summed E-state index contributed by atoms with van der Waals surface area (Å²) in [5, 5.41) is 17.2. The maximum absolute atomic E-state index is 10.5. The summed E-state index contributed by atoms with van der Waals surface area (Å²) in [6, 6.07) is 2.83. The van der Waals surface area contributed by atoms with E-state index >= 15 is 0 Å². The molecule has 17 heavy (non-hydrogen) atoms. The zero-order chi connectivity index (χ0) is 12.6. The molecule has 2 aromatic rings. The van der Waals surface area contributed by atoms with Crippen molar-refractivity contribution in [2.75, 3.05) is 5.73 Å². The van der Waals surface area contributed by atoms with Crippen LogP contribution in [0.15, 0.2) is 16.5 Å². The Morgan fingerprint density at radius 1 is 1.53 bits per heavy atom. The highest BCUT2D eigenvalue weighted by molar-refractivity contribution is 5.65. The highest BCUT2D eigenvalue weighted by Gasteiger charge is 2.20. The van der Waals surface area contributed by atoms with Crippen molar-refractivity contribution < 1.29 is 9.34 Å². The van der Waals surface area contributed by atoms with Crippen molar-refractivity contribution in [3.8, 4) is 11.5 Å². The summed E-state index contributed by atoms with van der Waals surface area (Å²) in [5.41, 5.74) is 7.12. The summed E-state index contributed by atoms with van der Waals surface area (Å²) in [7, 11) is 0. The van der Waals surface area contributed by atoms with Crippen molar-refractivity contribution >= 4 is 11.7 Å². The fourth-order valence-corrected chi connectivity index (χ4v) is 1.70. The molecule has 7 nitrogen and oxygen atoms in total. The van der Waals surface area contributed by atoms with E-state index in [1.807, 2.05) is 13.8 Å². The van der Waals surface area contributed by atoms with E-state index in [0.717, 1.165) is 5.56 Å². The van der Waals surface area contributed by atoms with Crippen molar-refractivity contribution in [1.82, 2.24) is 10.2 Å². The molecule has 0 saturated carbocycles. The number of nitro groups is 1. The van der Waals surface area contributed by atoms with Crippen molar-refractivity contribution in [3.05, 3.63) is 27.8 Å². The van der Waals surface area contributed by atoms with Crippen LogP contribution in [0.3, 0.4) is 0 Å². The molecule has 0 spiro atoms. The first-order valence-corrected chi connectivity index (χ1v) is 5.09. The zero-order valence-corrected chi connectivity index (χ0v) is 9.43. The lowest BCUT2D eigenvalue weighted by Crippen LogP contribution is -1.94. The Kier molecular flexibility index (Phi) is 2.58. The van der Waals surface area contributed by atoms with Gasteiger partial charge in [-0.2, -0.15) is 5.10 Å². The van der Waals surface area contributed by atoms with E-state index in [2.05, 4.69) is 10.2 Å². The predicted molar refractivity (Wildman–Crippen MR) is 61.4 cm³/mol. The molecule has 0 bridgehead atoms. The number of rotatable bonds is 3. The minimum atomic E-state index is -0.585. The Morgan fingerprint density at radius 3 is 2.76 bits per heavy atom. The number of nitrogen functional groups attached to an aromatic ring is 1. The largest absolute Gasteiger partial charge is 0.433 e. The lowest BCUT2D eigenvalue weighted by atomic mass is 10.0. The maximum Gasteiger partial charge on any atom is 0.433 e. The second kappa shape index (κ2) is 3.93. The molecule has 0 amide bonds. The van der Waals surface area contributed by atoms with E-state index in [9.17, 15) is 10.1 Å². The Labute approximate surface area is 96.8 Å². The molecule has 2 aromatic heterocycles. The van der Waals surface area contributed by atoms with Gasteiger partial charge in [-0.25, -0.2) is 0 Å². The second-order valence-corrected chi connectivity index (χ2v) is 3.95. The van der Waals surface area contributed by atoms with E-state index in [-0.39, 0.29) is 11.8 Å². The van der Waals surface area contributed by atoms with Crippen molar-refractivity contribution in [2.45, 2.75) is 19.8 Å². The number of anilines is 1. The van der Waals surface area contributed by atoms with Crippen LogP contribution in [-0.2, 0) is 0 Å². The summed E-state index contributed by atoms with van der Waals surface area (Å²) >= 11 is 0. The highest BCUT2D eigenvalue weighted by atomic mass is 16.6. The lowest BCUT2D eigenvalue weighted by Gasteiger charge is -2.04. The summed E-state index contributed by atoms with van der Waals surface area (Å²) in [5.74, 6) is 0.592. The van der Waals surface area contributed by atoms with Crippen LogP contribution in [-0.4, -0.2) is 15.1 Å². The molecule has 0 aromatic carbocycles. The Morgan fingerprint density at radius 2 is 2.24 bits per heavy atom. The smallest absolute Gasteiger partial charge is 0.399 e. The summed E-state index contributed by atoms with van der Waals surface area (Å²) in [6.07, 6.45) is 0. The molecule has 2 rings (SSSR count). The van der Waals surface area contributed by atoms with E-state index in [1.165, 1.54) is 12.1 Å². The Bertz CT molecular complexity index is 556. The molecule has 90 valence electrons. The van der Waals surface area contributed by atoms with Crippen LogP contribution in [0.1, 0.15) is 25.3 Å². The number of aromatic amines is 1. The number of furan rings is 1. The number of hydrogen-bond donors (Lipinski definition) is 2. The Balaban J connectivity index is 2.49. The standard InChI is InChI=1S/C10H12N4O3/c1-5(2)8-9(12-13-10(8)11)6-3-4-7(17-6)14(15)16/h3-5H,1-2H3,(H3,11,12,13). The molecule has 0 aliphatic carbocycles. The van der Waals surface area contributed by atoms with Gasteiger partial charge in [0.15, 0.2) is 5.76 Å². The second-order valence-electron chi connectivity index (χ2n) is 3.95. The maximum atomic E-state index is 10.5. The highest BCUT2D eigenvalue weighted by Crippen LogP contribution is 2.33. The SMILES string of the molecule is CC(C)c1c(N)n[nH]c1-c1ccc([N+](=O)[O-])o1. The molecule has 0 atom stereocenters. The molecule has 7 heteroatoms. The van der Waals surface area contributed by atoms with Crippen LogP contribution < -0.4 is 5.73 Å². The molecule has 3 N–H and O–H groups in total. The average Bonchev–Trinajstić information content (AvgIpc) is 2.82. The minimum absolute atomic E-state index is 0.146. The van der Waals surface area contributed by atoms with Crippen molar-refractivity contribution in [1.29, 1.82) is 0 Å². The zero-order valence-electron chi connectivity index (χ0n) is 9.43. The van der Waals surface area contributed by atoms with Gasteiger partial charge in [-0.15, -0.1) is 0 Å². The fourth-order valence-electron chi connectivity index (χ4n) is 1.70. The van der Waals surface area contributed by atoms with Crippen LogP contribution in [0, 0.1) is 10.1 Å². The molecule has 0 aliphatic rings. The molecule has 0 saturated heterocycles. The first-order valence-electron chi connectivity index (χ1n) is 5.09. The average molecular weight is 236 g/mol. The quantitative estimate of drug-likeness (QED) is 0.627. The van der Waals surface area contributed by atoms with Gasteiger partial charge in [-0.05, 0) is 12.0 Å². The lowest BCUT2D eigenvalue weighted by molar-refractivity contribution is -0.401. The number of aromatic nitrogens is 2. The predicted octanol–water partition coefficient (Wildman–Crippen LogP) is 2.28. The molecule has 0 aliphatic heterocycles. The number of H-pyrrole nitrogens is 1. The molecular formula is C10H12N4O3. The third-order valence-electron chi connectivity index (χ3n) is 2.43.